The lowest BCUT2D eigenvalue weighted by Crippen LogP contribution is -2.29. The average molecular weight is 687 g/mol. The van der Waals surface area contributed by atoms with E-state index in [4.69, 9.17) is 40.2 Å². The molecule has 50 heavy (non-hydrogen) atoms. The maximum Gasteiger partial charge on any atom is 0.488 e. The molecule has 0 fully saturated rings. The lowest BCUT2D eigenvalue weighted by atomic mass is 9.80. The molecule has 11 N–H and O–H groups in total. The molecular weight excluding hydrogens is 646 g/mol. The van der Waals surface area contributed by atoms with Crippen molar-refractivity contribution in [3.05, 3.63) is 123 Å². The molecule has 3 amide bonds. The second-order valence-electron chi connectivity index (χ2n) is 9.75. The van der Waals surface area contributed by atoms with Gasteiger partial charge < -0.3 is 56.1 Å². The molecule has 0 spiro atoms. The van der Waals surface area contributed by atoms with Crippen LogP contribution in [0.15, 0.2) is 117 Å². The molecule has 3 rings (SSSR count). The van der Waals surface area contributed by atoms with Crippen LogP contribution in [0.2, 0.25) is 6.32 Å². The lowest BCUT2D eigenvalue weighted by molar-refractivity contribution is -0.116. The average Bonchev–Trinajstić information content (AvgIpc) is 3.10. The summed E-state index contributed by atoms with van der Waals surface area (Å²) in [5.74, 6) is -0.880. The number of hydrogen-bond donors (Lipinski definition) is 11. The minimum Gasteiger partial charge on any atom is -0.427 e. The summed E-state index contributed by atoms with van der Waals surface area (Å²) in [5, 5.41) is 77.2. The summed E-state index contributed by atoms with van der Waals surface area (Å²) < 4.78 is 0. The first-order chi connectivity index (χ1) is 23.7. The summed E-state index contributed by atoms with van der Waals surface area (Å²) in [6.45, 7) is 13.9. The fourth-order valence-corrected chi connectivity index (χ4v) is 3.32. The number of hydrogen-bond acceptors (Lipinski definition) is 11. The highest BCUT2D eigenvalue weighted by molar-refractivity contribution is 6.59. The summed E-state index contributed by atoms with van der Waals surface area (Å²) >= 11 is 0. The van der Waals surface area contributed by atoms with E-state index in [2.05, 4.69) is 42.3 Å². The zero-order valence-electron chi connectivity index (χ0n) is 27.3. The smallest absolute Gasteiger partial charge is 0.427 e. The topological polar surface area (TPSA) is 249 Å². The molecule has 14 nitrogen and oxygen atoms in total. The molecule has 0 aliphatic carbocycles. The van der Waals surface area contributed by atoms with Crippen LogP contribution in [-0.4, -0.2) is 92.9 Å². The number of rotatable bonds is 13. The highest BCUT2D eigenvalue weighted by Gasteiger charge is 2.12. The summed E-state index contributed by atoms with van der Waals surface area (Å²) in [5.41, 5.74) is 3.16. The van der Waals surface area contributed by atoms with Gasteiger partial charge in [0.1, 0.15) is 0 Å². The molecule has 0 unspecified atom stereocenters. The molecule has 0 saturated carbocycles. The van der Waals surface area contributed by atoms with Gasteiger partial charge >= 0.3 is 28.5 Å². The zero-order valence-corrected chi connectivity index (χ0v) is 27.3. The van der Waals surface area contributed by atoms with Crippen LogP contribution in [0.3, 0.4) is 0 Å². The number of amides is 3. The monoisotopic (exact) mass is 687 g/mol. The van der Waals surface area contributed by atoms with Gasteiger partial charge in [-0.3, -0.25) is 14.4 Å². The third-order valence-electron chi connectivity index (χ3n) is 5.87. The van der Waals surface area contributed by atoms with E-state index >= 15 is 0 Å². The maximum absolute atomic E-state index is 10.9. The SMILES string of the molecule is C=CC(=O)NCCCB(O)O.C=CC(=O)Nc1ccc(B(O)O)cc1.C=CC(=O)Nc1cccc(B(O)O)c1.C=Cc1cccc(B(O)O)c1. The molecule has 0 aliphatic rings. The van der Waals surface area contributed by atoms with Gasteiger partial charge in [0.05, 0.1) is 0 Å². The van der Waals surface area contributed by atoms with Gasteiger partial charge in [0.15, 0.2) is 0 Å². The molecule has 0 saturated heterocycles. The first-order valence-electron chi connectivity index (χ1n) is 14.8. The second-order valence-corrected chi connectivity index (χ2v) is 9.75. The van der Waals surface area contributed by atoms with Crippen molar-refractivity contribution in [2.45, 2.75) is 12.7 Å². The van der Waals surface area contributed by atoms with E-state index in [0.717, 1.165) is 17.7 Å². The molecule has 262 valence electrons. The highest BCUT2D eigenvalue weighted by atomic mass is 16.4. The van der Waals surface area contributed by atoms with E-state index < -0.39 is 28.5 Å². The van der Waals surface area contributed by atoms with Crippen molar-refractivity contribution in [1.29, 1.82) is 0 Å². The van der Waals surface area contributed by atoms with Gasteiger partial charge in [-0.2, -0.15) is 0 Å². The maximum atomic E-state index is 10.9. The van der Waals surface area contributed by atoms with E-state index in [1.807, 2.05) is 6.07 Å². The second kappa shape index (κ2) is 25.9. The van der Waals surface area contributed by atoms with Crippen molar-refractivity contribution < 1.29 is 54.6 Å². The first-order valence-corrected chi connectivity index (χ1v) is 14.8. The number of benzene rings is 3. The Morgan fingerprint density at radius 2 is 1.06 bits per heavy atom. The Morgan fingerprint density at radius 3 is 1.52 bits per heavy atom. The van der Waals surface area contributed by atoms with Crippen molar-refractivity contribution in [3.63, 3.8) is 0 Å². The van der Waals surface area contributed by atoms with Gasteiger partial charge in [0.2, 0.25) is 17.7 Å². The van der Waals surface area contributed by atoms with Crippen LogP contribution >= 0.6 is 0 Å². The number of nitrogens with one attached hydrogen (secondary N) is 3. The first kappa shape index (κ1) is 45.0. The van der Waals surface area contributed by atoms with Gasteiger partial charge in [-0.25, -0.2) is 0 Å². The standard InChI is InChI=1S/2C9H10BNO3.C8H9BO2.C6H12BNO3/c1-2-9(12)11-8-5-3-7(4-6-8)10(13)14;1-2-9(12)11-8-5-3-4-7(6-8)10(13)14;1-2-7-4-3-5-8(6-7)9(10)11;1-2-6(9)8-5-3-4-7(10)11/h2*2-6,13-14H,1H2,(H,11,12);2-6,10-11H,1H2;2,10-11H,1,3-5H2,(H,8,9). The molecule has 0 heterocycles. The van der Waals surface area contributed by atoms with Crippen LogP contribution in [0.1, 0.15) is 12.0 Å². The van der Waals surface area contributed by atoms with Crippen molar-refractivity contribution in [2.24, 2.45) is 0 Å². The van der Waals surface area contributed by atoms with E-state index in [-0.39, 0.29) is 24.0 Å². The van der Waals surface area contributed by atoms with Gasteiger partial charge in [0, 0.05) is 17.9 Å². The molecule has 18 heteroatoms. The predicted molar refractivity (Wildman–Crippen MR) is 199 cm³/mol. The Balaban J connectivity index is 0.000000645. The molecule has 0 atom stereocenters. The van der Waals surface area contributed by atoms with Crippen LogP contribution in [0.5, 0.6) is 0 Å². The number of carbonyl (C=O) groups is 3. The molecular formula is C32H41B4N3O11. The van der Waals surface area contributed by atoms with Crippen LogP contribution < -0.4 is 32.3 Å². The molecule has 0 aliphatic heterocycles. The van der Waals surface area contributed by atoms with Crippen LogP contribution in [-0.2, 0) is 14.4 Å². The number of carbonyl (C=O) groups excluding carboxylic acids is 3. The predicted octanol–water partition coefficient (Wildman–Crippen LogP) is -1.86. The summed E-state index contributed by atoms with van der Waals surface area (Å²) in [4.78, 5) is 32.3. The van der Waals surface area contributed by atoms with E-state index in [9.17, 15) is 14.4 Å². The normalized spacial score (nSPS) is 9.20. The van der Waals surface area contributed by atoms with E-state index in [1.54, 1.807) is 54.6 Å². The van der Waals surface area contributed by atoms with Crippen LogP contribution in [0.25, 0.3) is 6.08 Å². The van der Waals surface area contributed by atoms with Crippen molar-refractivity contribution in [1.82, 2.24) is 5.32 Å². The lowest BCUT2D eigenvalue weighted by Gasteiger charge is -2.04. The molecule has 3 aromatic rings. The molecule has 0 aromatic heterocycles. The van der Waals surface area contributed by atoms with E-state index in [1.165, 1.54) is 24.3 Å². The minimum atomic E-state index is -1.53. The van der Waals surface area contributed by atoms with E-state index in [0.29, 0.717) is 40.7 Å². The largest absolute Gasteiger partial charge is 0.488 e. The Bertz CT molecular complexity index is 1520. The van der Waals surface area contributed by atoms with Crippen LogP contribution in [0, 0.1) is 0 Å². The minimum absolute atomic E-state index is 0.238. The third kappa shape index (κ3) is 21.0. The molecule has 0 bridgehead atoms. The summed E-state index contributed by atoms with van der Waals surface area (Å²) in [7, 11) is -5.69. The Hall–Kier alpha value is -5.03. The fourth-order valence-electron chi connectivity index (χ4n) is 3.32. The molecule has 0 radical (unpaired) electrons. The van der Waals surface area contributed by atoms with Gasteiger partial charge in [0.25, 0.3) is 0 Å². The molecule has 3 aromatic carbocycles. The van der Waals surface area contributed by atoms with Crippen molar-refractivity contribution in [2.75, 3.05) is 17.2 Å². The quantitative estimate of drug-likeness (QED) is 0.0541. The summed E-state index contributed by atoms with van der Waals surface area (Å²) in [6, 6.07) is 19.4. The van der Waals surface area contributed by atoms with Gasteiger partial charge in [-0.05, 0) is 77.2 Å². The Morgan fingerprint density at radius 1 is 0.580 bits per heavy atom. The Kier molecular flexibility index (Phi) is 23.3. The third-order valence-corrected chi connectivity index (χ3v) is 5.87. The number of anilines is 2. The Labute approximate surface area is 292 Å². The highest BCUT2D eigenvalue weighted by Crippen LogP contribution is 2.05. The van der Waals surface area contributed by atoms with Crippen molar-refractivity contribution >= 4 is 80.0 Å². The van der Waals surface area contributed by atoms with Gasteiger partial charge in [-0.1, -0.05) is 80.9 Å². The fraction of sp³-hybridized carbons (Fsp3) is 0.0938. The van der Waals surface area contributed by atoms with Crippen molar-refractivity contribution in [3.8, 4) is 0 Å². The summed E-state index contributed by atoms with van der Waals surface area (Å²) in [6.07, 6.45) is 5.97. The zero-order chi connectivity index (χ0) is 38.1. The van der Waals surface area contributed by atoms with Gasteiger partial charge in [-0.15, -0.1) is 0 Å². The van der Waals surface area contributed by atoms with Crippen LogP contribution in [0.4, 0.5) is 11.4 Å².